The molecule has 1 aromatic carbocycles. The van der Waals surface area contributed by atoms with Gasteiger partial charge in [-0.2, -0.15) is 0 Å². The molecular formula is C18H30N2S. The zero-order valence-corrected chi connectivity index (χ0v) is 14.6. The van der Waals surface area contributed by atoms with Crippen molar-refractivity contribution in [1.82, 2.24) is 10.2 Å². The van der Waals surface area contributed by atoms with E-state index in [1.54, 1.807) is 0 Å². The highest BCUT2D eigenvalue weighted by atomic mass is 32.2. The van der Waals surface area contributed by atoms with Crippen LogP contribution in [0.15, 0.2) is 29.2 Å². The molecule has 3 heteroatoms. The first-order valence-electron chi connectivity index (χ1n) is 8.43. The molecule has 2 unspecified atom stereocenters. The summed E-state index contributed by atoms with van der Waals surface area (Å²) in [7, 11) is 0. The Hall–Kier alpha value is -0.510. The summed E-state index contributed by atoms with van der Waals surface area (Å²) in [5.74, 6) is 0. The fourth-order valence-corrected chi connectivity index (χ4v) is 4.22. The Kier molecular flexibility index (Phi) is 7.08. The van der Waals surface area contributed by atoms with Crippen molar-refractivity contribution in [2.24, 2.45) is 0 Å². The highest BCUT2D eigenvalue weighted by Gasteiger charge is 2.21. The van der Waals surface area contributed by atoms with Crippen molar-refractivity contribution in [3.05, 3.63) is 29.8 Å². The van der Waals surface area contributed by atoms with Gasteiger partial charge in [0.15, 0.2) is 0 Å². The summed E-state index contributed by atoms with van der Waals surface area (Å²) in [5.41, 5.74) is 1.53. The number of thioether (sulfide) groups is 1. The molecule has 21 heavy (non-hydrogen) atoms. The van der Waals surface area contributed by atoms with Gasteiger partial charge in [-0.05, 0) is 57.5 Å². The maximum Gasteiger partial charge on any atom is 0.0260 e. The lowest BCUT2D eigenvalue weighted by molar-refractivity contribution is 0.290. The van der Waals surface area contributed by atoms with Gasteiger partial charge in [-0.15, -0.1) is 11.8 Å². The Morgan fingerprint density at radius 2 is 2.05 bits per heavy atom. The van der Waals surface area contributed by atoms with Crippen molar-refractivity contribution in [1.29, 1.82) is 0 Å². The molecule has 0 aliphatic carbocycles. The van der Waals surface area contributed by atoms with E-state index in [4.69, 9.17) is 0 Å². The number of rotatable bonds is 9. The maximum atomic E-state index is 3.73. The van der Waals surface area contributed by atoms with Gasteiger partial charge in [-0.25, -0.2) is 0 Å². The zero-order chi connectivity index (χ0) is 15.1. The Labute approximate surface area is 134 Å². The van der Waals surface area contributed by atoms with Crippen molar-refractivity contribution < 1.29 is 0 Å². The number of benzene rings is 1. The van der Waals surface area contributed by atoms with Crippen molar-refractivity contribution in [3.8, 4) is 0 Å². The molecule has 0 amide bonds. The minimum absolute atomic E-state index is 0.630. The molecule has 1 heterocycles. The molecular weight excluding hydrogens is 276 g/mol. The highest BCUT2D eigenvalue weighted by molar-refractivity contribution is 8.00. The number of nitrogens with zero attached hydrogens (tertiary/aromatic N) is 1. The molecule has 1 aliphatic heterocycles. The first-order chi connectivity index (χ1) is 10.2. The van der Waals surface area contributed by atoms with Gasteiger partial charge >= 0.3 is 0 Å². The van der Waals surface area contributed by atoms with E-state index in [2.05, 4.69) is 55.3 Å². The van der Waals surface area contributed by atoms with Gasteiger partial charge in [-0.1, -0.05) is 32.0 Å². The lowest BCUT2D eigenvalue weighted by Crippen LogP contribution is -2.33. The fraction of sp³-hybridized carbons (Fsp3) is 0.667. The SMILES string of the molecule is CCN(CC)CCCC(C)NCC1Cc2ccccc2S1. The van der Waals surface area contributed by atoms with E-state index in [9.17, 15) is 0 Å². The van der Waals surface area contributed by atoms with Crippen LogP contribution in [0.3, 0.4) is 0 Å². The summed E-state index contributed by atoms with van der Waals surface area (Å²) >= 11 is 2.04. The van der Waals surface area contributed by atoms with Crippen LogP contribution in [0.2, 0.25) is 0 Å². The molecule has 1 aromatic rings. The third-order valence-corrected chi connectivity index (χ3v) is 5.73. The quantitative estimate of drug-likeness (QED) is 0.747. The van der Waals surface area contributed by atoms with E-state index >= 15 is 0 Å². The molecule has 1 N–H and O–H groups in total. The molecule has 0 saturated carbocycles. The van der Waals surface area contributed by atoms with Crippen LogP contribution in [0.1, 0.15) is 39.2 Å². The average Bonchev–Trinajstić information content (AvgIpc) is 2.92. The first-order valence-corrected chi connectivity index (χ1v) is 9.31. The summed E-state index contributed by atoms with van der Waals surface area (Å²) in [5, 5.41) is 4.45. The Balaban J connectivity index is 1.61. The van der Waals surface area contributed by atoms with Crippen LogP contribution in [0.25, 0.3) is 0 Å². The lowest BCUT2D eigenvalue weighted by atomic mass is 10.1. The van der Waals surface area contributed by atoms with Gasteiger partial charge in [0, 0.05) is 22.7 Å². The van der Waals surface area contributed by atoms with Crippen LogP contribution in [0.4, 0.5) is 0 Å². The normalized spacial score (nSPS) is 19.0. The van der Waals surface area contributed by atoms with Crippen LogP contribution in [-0.4, -0.2) is 42.4 Å². The first kappa shape index (κ1) is 16.9. The molecule has 0 fully saturated rings. The zero-order valence-electron chi connectivity index (χ0n) is 13.8. The largest absolute Gasteiger partial charge is 0.313 e. The lowest BCUT2D eigenvalue weighted by Gasteiger charge is -2.20. The average molecular weight is 307 g/mol. The highest BCUT2D eigenvalue weighted by Crippen LogP contribution is 2.36. The van der Waals surface area contributed by atoms with Crippen molar-refractivity contribution in [2.75, 3.05) is 26.2 Å². The molecule has 2 nitrogen and oxygen atoms in total. The van der Waals surface area contributed by atoms with Crippen molar-refractivity contribution in [3.63, 3.8) is 0 Å². The molecule has 2 atom stereocenters. The van der Waals surface area contributed by atoms with Crippen LogP contribution in [-0.2, 0) is 6.42 Å². The molecule has 0 radical (unpaired) electrons. The second kappa shape index (κ2) is 8.82. The van der Waals surface area contributed by atoms with Crippen LogP contribution in [0.5, 0.6) is 0 Å². The summed E-state index contributed by atoms with van der Waals surface area (Å²) in [4.78, 5) is 3.99. The van der Waals surface area contributed by atoms with E-state index in [0.717, 1.165) is 6.54 Å². The van der Waals surface area contributed by atoms with Gasteiger partial charge in [0.2, 0.25) is 0 Å². The topological polar surface area (TPSA) is 15.3 Å². The second-order valence-corrected chi connectivity index (χ2v) is 7.37. The maximum absolute atomic E-state index is 3.73. The molecule has 0 saturated heterocycles. The molecule has 0 bridgehead atoms. The van der Waals surface area contributed by atoms with Gasteiger partial charge in [0.25, 0.3) is 0 Å². The molecule has 1 aliphatic rings. The van der Waals surface area contributed by atoms with E-state index in [-0.39, 0.29) is 0 Å². The Bertz CT molecular complexity index is 392. The second-order valence-electron chi connectivity index (χ2n) is 6.03. The molecule has 2 rings (SSSR count). The van der Waals surface area contributed by atoms with Crippen LogP contribution < -0.4 is 5.32 Å². The standard InChI is InChI=1S/C18H30N2S/c1-4-20(5-2)12-8-9-15(3)19-14-17-13-16-10-6-7-11-18(16)21-17/h6-7,10-11,15,17,19H,4-5,8-9,12-14H2,1-3H3. The number of hydrogen-bond acceptors (Lipinski definition) is 3. The van der Waals surface area contributed by atoms with Crippen molar-refractivity contribution >= 4 is 11.8 Å². The van der Waals surface area contributed by atoms with Crippen LogP contribution >= 0.6 is 11.8 Å². The van der Waals surface area contributed by atoms with Gasteiger partial charge in [0.05, 0.1) is 0 Å². The third-order valence-electron chi connectivity index (χ3n) is 4.41. The minimum atomic E-state index is 0.630. The third kappa shape index (κ3) is 5.32. The summed E-state index contributed by atoms with van der Waals surface area (Å²) in [6, 6.07) is 9.47. The summed E-state index contributed by atoms with van der Waals surface area (Å²) in [6.45, 7) is 11.5. The predicted octanol–water partition coefficient (Wildman–Crippen LogP) is 3.80. The monoisotopic (exact) mass is 306 g/mol. The fourth-order valence-electron chi connectivity index (χ4n) is 2.96. The van der Waals surface area contributed by atoms with E-state index < -0.39 is 0 Å². The number of fused-ring (bicyclic) bond motifs is 1. The smallest absolute Gasteiger partial charge is 0.0260 e. The minimum Gasteiger partial charge on any atom is -0.313 e. The van der Waals surface area contributed by atoms with E-state index in [1.807, 2.05) is 11.8 Å². The van der Waals surface area contributed by atoms with Crippen molar-refractivity contribution in [2.45, 2.75) is 56.2 Å². The van der Waals surface area contributed by atoms with Gasteiger partial charge in [-0.3, -0.25) is 0 Å². The Morgan fingerprint density at radius 3 is 2.76 bits per heavy atom. The van der Waals surface area contributed by atoms with Gasteiger partial charge < -0.3 is 10.2 Å². The molecule has 0 spiro atoms. The van der Waals surface area contributed by atoms with E-state index in [0.29, 0.717) is 11.3 Å². The van der Waals surface area contributed by atoms with E-state index in [1.165, 1.54) is 49.4 Å². The Morgan fingerprint density at radius 1 is 1.29 bits per heavy atom. The summed E-state index contributed by atoms with van der Waals surface area (Å²) < 4.78 is 0. The summed E-state index contributed by atoms with van der Waals surface area (Å²) in [6.07, 6.45) is 3.80. The predicted molar refractivity (Wildman–Crippen MR) is 94.3 cm³/mol. The number of hydrogen-bond donors (Lipinski definition) is 1. The number of nitrogens with one attached hydrogen (secondary N) is 1. The molecule has 118 valence electrons. The van der Waals surface area contributed by atoms with Gasteiger partial charge in [0.1, 0.15) is 0 Å². The van der Waals surface area contributed by atoms with Crippen LogP contribution in [0, 0.1) is 0 Å². The molecule has 0 aromatic heterocycles.